The number of hydrogen-bond acceptors (Lipinski definition) is 2. The van der Waals surface area contributed by atoms with E-state index in [0.29, 0.717) is 0 Å². The van der Waals surface area contributed by atoms with Crippen molar-refractivity contribution in [2.24, 2.45) is 0 Å². The standard InChI is InChI=1S/C8H12N2O/c1-2-3-4-5-11-8-6-9-10-7-8/h2,6-7H,1,3-5H2,(H,9,10). The summed E-state index contributed by atoms with van der Waals surface area (Å²) in [7, 11) is 0. The van der Waals surface area contributed by atoms with Crippen LogP contribution >= 0.6 is 0 Å². The molecule has 0 saturated heterocycles. The number of H-pyrrole nitrogens is 1. The molecule has 0 spiro atoms. The molecule has 3 nitrogen and oxygen atoms in total. The summed E-state index contributed by atoms with van der Waals surface area (Å²) in [6.45, 7) is 4.35. The smallest absolute Gasteiger partial charge is 0.156 e. The summed E-state index contributed by atoms with van der Waals surface area (Å²) in [5.74, 6) is 0.800. The van der Waals surface area contributed by atoms with E-state index in [1.54, 1.807) is 12.4 Å². The molecule has 0 bridgehead atoms. The van der Waals surface area contributed by atoms with Gasteiger partial charge in [-0.25, -0.2) is 0 Å². The molecule has 0 amide bonds. The monoisotopic (exact) mass is 152 g/mol. The van der Waals surface area contributed by atoms with E-state index in [0.717, 1.165) is 25.2 Å². The third-order valence-electron chi connectivity index (χ3n) is 1.29. The fourth-order valence-electron chi connectivity index (χ4n) is 0.736. The zero-order valence-corrected chi connectivity index (χ0v) is 6.42. The molecule has 0 aliphatic heterocycles. The van der Waals surface area contributed by atoms with Gasteiger partial charge >= 0.3 is 0 Å². The number of unbranched alkanes of at least 4 members (excludes halogenated alkanes) is 1. The summed E-state index contributed by atoms with van der Waals surface area (Å²) in [5, 5.41) is 6.43. The van der Waals surface area contributed by atoms with E-state index >= 15 is 0 Å². The van der Waals surface area contributed by atoms with Crippen LogP contribution in [-0.2, 0) is 0 Å². The van der Waals surface area contributed by atoms with Gasteiger partial charge in [-0.3, -0.25) is 5.10 Å². The Hall–Kier alpha value is -1.25. The summed E-state index contributed by atoms with van der Waals surface area (Å²) in [5.41, 5.74) is 0. The minimum Gasteiger partial charge on any atom is -0.490 e. The van der Waals surface area contributed by atoms with Gasteiger partial charge in [0.2, 0.25) is 0 Å². The number of hydrogen-bond donors (Lipinski definition) is 1. The van der Waals surface area contributed by atoms with Crippen molar-refractivity contribution >= 4 is 0 Å². The normalized spacial score (nSPS) is 9.45. The Labute approximate surface area is 66.1 Å². The molecular weight excluding hydrogens is 140 g/mol. The highest BCUT2D eigenvalue weighted by Crippen LogP contribution is 2.05. The molecular formula is C8H12N2O. The molecule has 1 aromatic heterocycles. The van der Waals surface area contributed by atoms with Crippen LogP contribution in [0.3, 0.4) is 0 Å². The van der Waals surface area contributed by atoms with E-state index in [-0.39, 0.29) is 0 Å². The minimum absolute atomic E-state index is 0.728. The molecule has 1 rings (SSSR count). The van der Waals surface area contributed by atoms with Gasteiger partial charge in [0.05, 0.1) is 19.0 Å². The predicted octanol–water partition coefficient (Wildman–Crippen LogP) is 1.75. The van der Waals surface area contributed by atoms with Crippen LogP contribution in [0, 0.1) is 0 Å². The zero-order valence-electron chi connectivity index (χ0n) is 6.42. The highest BCUT2D eigenvalue weighted by molar-refractivity contribution is 5.09. The summed E-state index contributed by atoms with van der Waals surface area (Å²) in [6, 6.07) is 0. The van der Waals surface area contributed by atoms with Crippen LogP contribution in [0.25, 0.3) is 0 Å². The molecule has 0 atom stereocenters. The summed E-state index contributed by atoms with van der Waals surface area (Å²) in [6.07, 6.45) is 7.28. The largest absolute Gasteiger partial charge is 0.490 e. The molecule has 11 heavy (non-hydrogen) atoms. The number of aromatic amines is 1. The lowest BCUT2D eigenvalue weighted by molar-refractivity contribution is 0.312. The molecule has 60 valence electrons. The van der Waals surface area contributed by atoms with Gasteiger partial charge in [-0.2, -0.15) is 5.10 Å². The topological polar surface area (TPSA) is 37.9 Å². The van der Waals surface area contributed by atoms with Gasteiger partial charge in [-0.05, 0) is 12.8 Å². The van der Waals surface area contributed by atoms with Crippen molar-refractivity contribution in [3.63, 3.8) is 0 Å². The van der Waals surface area contributed by atoms with Crippen LogP contribution in [-0.4, -0.2) is 16.8 Å². The molecule has 1 N–H and O–H groups in total. The van der Waals surface area contributed by atoms with Crippen LogP contribution in [0.5, 0.6) is 5.75 Å². The molecule has 0 aromatic carbocycles. The molecule has 0 saturated carbocycles. The SMILES string of the molecule is C=CCCCOc1cn[nH]c1. The summed E-state index contributed by atoms with van der Waals surface area (Å²) < 4.78 is 5.31. The van der Waals surface area contributed by atoms with Gasteiger partial charge in [0, 0.05) is 0 Å². The second-order valence-corrected chi connectivity index (χ2v) is 2.21. The summed E-state index contributed by atoms with van der Waals surface area (Å²) in [4.78, 5) is 0. The highest BCUT2D eigenvalue weighted by Gasteiger charge is 1.91. The van der Waals surface area contributed by atoms with Gasteiger partial charge in [-0.1, -0.05) is 6.08 Å². The molecule has 1 aromatic rings. The molecule has 3 heteroatoms. The Morgan fingerprint density at radius 3 is 3.27 bits per heavy atom. The first kappa shape index (κ1) is 7.85. The lowest BCUT2D eigenvalue weighted by Crippen LogP contribution is -1.94. The Balaban J connectivity index is 2.09. The summed E-state index contributed by atoms with van der Waals surface area (Å²) >= 11 is 0. The maximum Gasteiger partial charge on any atom is 0.156 e. The van der Waals surface area contributed by atoms with Crippen molar-refractivity contribution in [2.75, 3.05) is 6.61 Å². The Morgan fingerprint density at radius 1 is 1.73 bits per heavy atom. The third-order valence-corrected chi connectivity index (χ3v) is 1.29. The lowest BCUT2D eigenvalue weighted by Gasteiger charge is -1.99. The van der Waals surface area contributed by atoms with E-state index < -0.39 is 0 Å². The van der Waals surface area contributed by atoms with Crippen molar-refractivity contribution < 1.29 is 4.74 Å². The van der Waals surface area contributed by atoms with E-state index in [4.69, 9.17) is 4.74 Å². The van der Waals surface area contributed by atoms with E-state index in [1.165, 1.54) is 0 Å². The van der Waals surface area contributed by atoms with Crippen molar-refractivity contribution in [3.8, 4) is 5.75 Å². The van der Waals surface area contributed by atoms with Gasteiger partial charge < -0.3 is 4.74 Å². The van der Waals surface area contributed by atoms with E-state index in [1.807, 2.05) is 6.08 Å². The maximum absolute atomic E-state index is 5.31. The number of aromatic nitrogens is 2. The quantitative estimate of drug-likeness (QED) is 0.515. The number of ether oxygens (including phenoxy) is 1. The number of rotatable bonds is 5. The highest BCUT2D eigenvalue weighted by atomic mass is 16.5. The number of allylic oxidation sites excluding steroid dienone is 1. The minimum atomic E-state index is 0.728. The van der Waals surface area contributed by atoms with Crippen molar-refractivity contribution in [1.82, 2.24) is 10.2 Å². The van der Waals surface area contributed by atoms with Crippen molar-refractivity contribution in [1.29, 1.82) is 0 Å². The Kier molecular flexibility index (Phi) is 3.25. The Morgan fingerprint density at radius 2 is 2.64 bits per heavy atom. The molecule has 0 aliphatic carbocycles. The predicted molar refractivity (Wildman–Crippen MR) is 43.5 cm³/mol. The average Bonchev–Trinajstić information content (AvgIpc) is 2.50. The number of nitrogens with zero attached hydrogens (tertiary/aromatic N) is 1. The first-order valence-corrected chi connectivity index (χ1v) is 3.66. The van der Waals surface area contributed by atoms with Crippen molar-refractivity contribution in [2.45, 2.75) is 12.8 Å². The molecule has 0 fully saturated rings. The maximum atomic E-state index is 5.31. The molecule has 0 radical (unpaired) electrons. The first-order valence-electron chi connectivity index (χ1n) is 3.66. The number of nitrogens with one attached hydrogen (secondary N) is 1. The second kappa shape index (κ2) is 4.55. The van der Waals surface area contributed by atoms with Gasteiger partial charge in [0.15, 0.2) is 5.75 Å². The fraction of sp³-hybridized carbons (Fsp3) is 0.375. The van der Waals surface area contributed by atoms with Crippen LogP contribution in [0.4, 0.5) is 0 Å². The fourth-order valence-corrected chi connectivity index (χ4v) is 0.736. The molecule has 0 unspecified atom stereocenters. The lowest BCUT2D eigenvalue weighted by atomic mass is 10.3. The first-order chi connectivity index (χ1) is 5.43. The second-order valence-electron chi connectivity index (χ2n) is 2.21. The molecule has 0 aliphatic rings. The van der Waals surface area contributed by atoms with E-state index in [2.05, 4.69) is 16.8 Å². The molecule has 1 heterocycles. The van der Waals surface area contributed by atoms with Crippen LogP contribution in [0.15, 0.2) is 25.0 Å². The van der Waals surface area contributed by atoms with Crippen LogP contribution in [0.2, 0.25) is 0 Å². The van der Waals surface area contributed by atoms with Gasteiger partial charge in [0.1, 0.15) is 0 Å². The van der Waals surface area contributed by atoms with Crippen molar-refractivity contribution in [3.05, 3.63) is 25.0 Å². The third kappa shape index (κ3) is 2.89. The van der Waals surface area contributed by atoms with Crippen LogP contribution < -0.4 is 4.74 Å². The average molecular weight is 152 g/mol. The van der Waals surface area contributed by atoms with Crippen LogP contribution in [0.1, 0.15) is 12.8 Å². The van der Waals surface area contributed by atoms with E-state index in [9.17, 15) is 0 Å². The zero-order chi connectivity index (χ0) is 7.94. The van der Waals surface area contributed by atoms with Gasteiger partial charge in [0.25, 0.3) is 0 Å². The Bertz CT molecular complexity index is 194. The van der Waals surface area contributed by atoms with Gasteiger partial charge in [-0.15, -0.1) is 6.58 Å².